The number of primary amides is 1. The smallest absolute Gasteiger partial charge is 0.255 e. The second kappa shape index (κ2) is 9.31. The summed E-state index contributed by atoms with van der Waals surface area (Å²) in [4.78, 5) is 38.4. The number of anilines is 1. The molecule has 0 heterocycles. The van der Waals surface area contributed by atoms with Crippen LogP contribution in [-0.4, -0.2) is 54.8 Å². The fourth-order valence-electron chi connectivity index (χ4n) is 5.77. The fourth-order valence-corrected chi connectivity index (χ4v) is 5.77. The Balaban J connectivity index is 1.55. The van der Waals surface area contributed by atoms with Gasteiger partial charge in [-0.25, -0.2) is 0 Å². The summed E-state index contributed by atoms with van der Waals surface area (Å²) in [6.45, 7) is 1.60. The lowest BCUT2D eigenvalue weighted by molar-refractivity contribution is -0.144. The molecule has 3 aliphatic carbocycles. The number of nitrogens with one attached hydrogen (secondary N) is 1. The van der Waals surface area contributed by atoms with Crippen molar-refractivity contribution in [1.82, 2.24) is 0 Å². The molecular weight excluding hydrogens is 504 g/mol. The molecule has 2 aromatic rings. The van der Waals surface area contributed by atoms with Crippen molar-refractivity contribution in [1.29, 1.82) is 0 Å². The number of nitrogens with two attached hydrogens (primary N) is 1. The molecule has 1 unspecified atom stereocenters. The summed E-state index contributed by atoms with van der Waals surface area (Å²) in [7, 11) is 0. The molecule has 39 heavy (non-hydrogen) atoms. The van der Waals surface area contributed by atoms with Gasteiger partial charge in [0, 0.05) is 34.7 Å². The number of aromatic hydroxyl groups is 1. The SMILES string of the molecule is CC(O)Nc1ccc(C#Cc2ccc(O)c3c2C[C@H]2C[C@H]4CC(O)=C(C(N)=O)C(=O)[C@@]4(O)C(O)=C2C3=O)cc1. The van der Waals surface area contributed by atoms with Crippen molar-refractivity contribution >= 4 is 23.2 Å². The third-order valence-electron chi connectivity index (χ3n) is 7.55. The van der Waals surface area contributed by atoms with Crippen LogP contribution in [0.3, 0.4) is 0 Å². The maximum atomic E-state index is 13.6. The Labute approximate surface area is 223 Å². The third kappa shape index (κ3) is 4.12. The predicted molar refractivity (Wildman–Crippen MR) is 139 cm³/mol. The zero-order valence-corrected chi connectivity index (χ0v) is 20.9. The Morgan fingerprint density at radius 3 is 2.41 bits per heavy atom. The van der Waals surface area contributed by atoms with Gasteiger partial charge in [-0.1, -0.05) is 11.8 Å². The van der Waals surface area contributed by atoms with Gasteiger partial charge in [-0.15, -0.1) is 0 Å². The molecule has 0 saturated carbocycles. The van der Waals surface area contributed by atoms with Gasteiger partial charge in [0.15, 0.2) is 11.4 Å². The van der Waals surface area contributed by atoms with Crippen molar-refractivity contribution in [2.24, 2.45) is 17.6 Å². The lowest BCUT2D eigenvalue weighted by atomic mass is 9.60. The summed E-state index contributed by atoms with van der Waals surface area (Å²) in [5.41, 5.74) is 3.84. The van der Waals surface area contributed by atoms with Crippen LogP contribution < -0.4 is 11.1 Å². The number of fused-ring (bicyclic) bond motifs is 3. The first-order valence-corrected chi connectivity index (χ1v) is 12.3. The molecule has 1 amide bonds. The van der Waals surface area contributed by atoms with E-state index < -0.39 is 58.2 Å². The average Bonchev–Trinajstić information content (AvgIpc) is 2.86. The standard InChI is InChI=1S/C29H26N2O8/c1-13(32)31-18-7-3-14(4-8-18)2-5-15-6-9-20(33)23-19(15)11-16-10-17-12-21(34)24(28(30)38)27(37)29(17,39)26(36)22(16)25(23)35/h3-4,6-9,13,16-17,31-34,36,39H,10-12H2,1H3,(H2,30,38)/t13?,16-,17+,29+/m1/s1. The lowest BCUT2D eigenvalue weighted by Crippen LogP contribution is -2.57. The molecule has 0 radical (unpaired) electrons. The van der Waals surface area contributed by atoms with E-state index in [4.69, 9.17) is 5.73 Å². The van der Waals surface area contributed by atoms with Gasteiger partial charge in [0.25, 0.3) is 5.91 Å². The van der Waals surface area contributed by atoms with E-state index in [2.05, 4.69) is 17.2 Å². The normalized spacial score (nSPS) is 24.7. The van der Waals surface area contributed by atoms with E-state index in [1.807, 2.05) is 0 Å². The van der Waals surface area contributed by atoms with Crippen molar-refractivity contribution in [3.05, 3.63) is 81.3 Å². The number of carbonyl (C=O) groups excluding carboxylic acids is 3. The van der Waals surface area contributed by atoms with Gasteiger partial charge in [0.05, 0.1) is 5.56 Å². The number of hydrogen-bond donors (Lipinski definition) is 7. The molecule has 3 aliphatic rings. The molecule has 0 aliphatic heterocycles. The Morgan fingerprint density at radius 1 is 1.08 bits per heavy atom. The Hall–Kier alpha value is -4.59. The number of hydrogen-bond acceptors (Lipinski definition) is 9. The molecule has 0 fully saturated rings. The Bertz CT molecular complexity index is 1560. The lowest BCUT2D eigenvalue weighted by Gasteiger charge is -2.45. The number of benzene rings is 2. The molecule has 200 valence electrons. The van der Waals surface area contributed by atoms with Crippen LogP contribution in [-0.2, 0) is 16.0 Å². The van der Waals surface area contributed by atoms with Gasteiger partial charge in [-0.2, -0.15) is 0 Å². The highest BCUT2D eigenvalue weighted by atomic mass is 16.3. The van der Waals surface area contributed by atoms with Gasteiger partial charge >= 0.3 is 0 Å². The highest BCUT2D eigenvalue weighted by Crippen LogP contribution is 2.51. The van der Waals surface area contributed by atoms with Crippen LogP contribution in [0.2, 0.25) is 0 Å². The molecule has 10 heteroatoms. The first-order chi connectivity index (χ1) is 18.4. The Morgan fingerprint density at radius 2 is 1.77 bits per heavy atom. The minimum absolute atomic E-state index is 0.0448. The van der Waals surface area contributed by atoms with Crippen molar-refractivity contribution in [2.45, 2.75) is 38.0 Å². The van der Waals surface area contributed by atoms with E-state index in [-0.39, 0.29) is 36.1 Å². The first-order valence-electron chi connectivity index (χ1n) is 12.3. The monoisotopic (exact) mass is 530 g/mol. The van der Waals surface area contributed by atoms with E-state index in [0.29, 0.717) is 22.4 Å². The van der Waals surface area contributed by atoms with E-state index in [9.17, 15) is 39.9 Å². The summed E-state index contributed by atoms with van der Waals surface area (Å²) in [5, 5.41) is 55.6. The molecule has 10 nitrogen and oxygen atoms in total. The topological polar surface area (TPSA) is 190 Å². The number of ketones is 2. The van der Waals surface area contributed by atoms with Gasteiger partial charge in [-0.05, 0) is 67.6 Å². The minimum atomic E-state index is -2.60. The predicted octanol–water partition coefficient (Wildman–Crippen LogP) is 1.73. The second-order valence-electron chi connectivity index (χ2n) is 10.0. The molecule has 0 spiro atoms. The number of aliphatic hydroxyl groups excluding tert-OH is 3. The van der Waals surface area contributed by atoms with Crippen LogP contribution in [0.25, 0.3) is 0 Å². The van der Waals surface area contributed by atoms with Crippen molar-refractivity contribution in [2.75, 3.05) is 5.32 Å². The zero-order chi connectivity index (χ0) is 28.2. The number of aliphatic hydroxyl groups is 4. The zero-order valence-electron chi connectivity index (χ0n) is 20.9. The fraction of sp³-hybridized carbons (Fsp3) is 0.276. The molecule has 0 saturated heterocycles. The van der Waals surface area contributed by atoms with Crippen molar-refractivity contribution in [3.8, 4) is 17.6 Å². The van der Waals surface area contributed by atoms with Gasteiger partial charge in [0.1, 0.15) is 29.1 Å². The number of allylic oxidation sites excluding steroid dienone is 2. The van der Waals surface area contributed by atoms with Crippen molar-refractivity contribution in [3.63, 3.8) is 0 Å². The summed E-state index contributed by atoms with van der Waals surface area (Å²) in [6.07, 6.45) is -0.788. The maximum Gasteiger partial charge on any atom is 0.255 e. The molecule has 0 aromatic heterocycles. The molecule has 0 bridgehead atoms. The Kier molecular flexibility index (Phi) is 6.21. The van der Waals surface area contributed by atoms with Crippen LogP contribution >= 0.6 is 0 Å². The van der Waals surface area contributed by atoms with Crippen LogP contribution in [0.15, 0.2) is 59.1 Å². The van der Waals surface area contributed by atoms with Gasteiger partial charge in [-0.3, -0.25) is 14.4 Å². The summed E-state index contributed by atoms with van der Waals surface area (Å²) in [5.74, 6) is -0.653. The third-order valence-corrected chi connectivity index (χ3v) is 7.55. The quantitative estimate of drug-likeness (QED) is 0.176. The van der Waals surface area contributed by atoms with Gasteiger partial charge < -0.3 is 36.6 Å². The van der Waals surface area contributed by atoms with Crippen LogP contribution in [0, 0.1) is 23.7 Å². The number of Topliss-reactive ketones (excluding diaryl/α,β-unsaturated/α-hetero) is 2. The molecular formula is C29H26N2O8. The number of rotatable bonds is 3. The van der Waals surface area contributed by atoms with Crippen molar-refractivity contribution < 1.29 is 39.9 Å². The molecule has 8 N–H and O–H groups in total. The molecule has 4 atom stereocenters. The highest BCUT2D eigenvalue weighted by molar-refractivity contribution is 6.24. The summed E-state index contributed by atoms with van der Waals surface area (Å²) >= 11 is 0. The van der Waals surface area contributed by atoms with E-state index in [0.717, 1.165) is 0 Å². The average molecular weight is 531 g/mol. The first kappa shape index (κ1) is 26.0. The molecule has 5 rings (SSSR count). The second-order valence-corrected chi connectivity index (χ2v) is 10.0. The number of amides is 1. The molecule has 2 aromatic carbocycles. The minimum Gasteiger partial charge on any atom is -0.511 e. The van der Waals surface area contributed by atoms with E-state index in [1.54, 1.807) is 37.3 Å². The van der Waals surface area contributed by atoms with Crippen LogP contribution in [0.4, 0.5) is 5.69 Å². The number of phenols is 1. The largest absolute Gasteiger partial charge is 0.511 e. The number of carbonyl (C=O) groups is 3. The summed E-state index contributed by atoms with van der Waals surface area (Å²) in [6, 6.07) is 9.94. The van der Waals surface area contributed by atoms with Crippen LogP contribution in [0.1, 0.15) is 46.8 Å². The van der Waals surface area contributed by atoms with Gasteiger partial charge in [0.2, 0.25) is 5.78 Å². The van der Waals surface area contributed by atoms with E-state index >= 15 is 0 Å². The highest BCUT2D eigenvalue weighted by Gasteiger charge is 2.59. The maximum absolute atomic E-state index is 13.6. The number of phenolic OH excluding ortho intramolecular Hbond substituents is 1. The van der Waals surface area contributed by atoms with Crippen LogP contribution in [0.5, 0.6) is 5.75 Å². The summed E-state index contributed by atoms with van der Waals surface area (Å²) < 4.78 is 0. The van der Waals surface area contributed by atoms with E-state index in [1.165, 1.54) is 6.07 Å².